The Labute approximate surface area is 166 Å². The van der Waals surface area contributed by atoms with Crippen molar-refractivity contribution >= 4 is 5.96 Å². The molecule has 0 amide bonds. The third-order valence-electron chi connectivity index (χ3n) is 3.92. The summed E-state index contributed by atoms with van der Waals surface area (Å²) in [6.45, 7) is 4.78. The van der Waals surface area contributed by atoms with Crippen LogP contribution in [0.5, 0.6) is 5.88 Å². The van der Waals surface area contributed by atoms with Gasteiger partial charge in [0, 0.05) is 37.6 Å². The van der Waals surface area contributed by atoms with Gasteiger partial charge in [0.2, 0.25) is 5.88 Å². The van der Waals surface area contributed by atoms with Crippen molar-refractivity contribution in [1.29, 1.82) is 0 Å². The molecule has 2 aromatic heterocycles. The highest BCUT2D eigenvalue weighted by Crippen LogP contribution is 2.29. The average molecular weight is 414 g/mol. The second-order valence-corrected chi connectivity index (χ2v) is 6.53. The molecule has 1 atom stereocenters. The zero-order chi connectivity index (χ0) is 21.5. The van der Waals surface area contributed by atoms with Crippen LogP contribution in [0.2, 0.25) is 0 Å². The van der Waals surface area contributed by atoms with Gasteiger partial charge in [-0.25, -0.2) is 9.98 Å². The normalized spacial score (nSPS) is 14.4. The first-order chi connectivity index (χ1) is 13.6. The Kier molecular flexibility index (Phi) is 7.43. The number of rotatable bonds is 8. The number of nitrogens with one attached hydrogen (secondary N) is 2. The van der Waals surface area contributed by atoms with Gasteiger partial charge in [0.1, 0.15) is 12.2 Å². The van der Waals surface area contributed by atoms with E-state index in [2.05, 4.69) is 25.7 Å². The molecule has 2 rings (SSSR count). The van der Waals surface area contributed by atoms with Crippen molar-refractivity contribution in [2.75, 3.05) is 26.2 Å². The Bertz CT molecular complexity index is 803. The van der Waals surface area contributed by atoms with E-state index in [1.165, 1.54) is 6.07 Å². The number of guanidine groups is 1. The molecule has 8 nitrogen and oxygen atoms in total. The smallest absolute Gasteiger partial charge is 0.417 e. The molecule has 1 unspecified atom stereocenters. The molecule has 0 spiro atoms. The van der Waals surface area contributed by atoms with Gasteiger partial charge in [-0.05, 0) is 19.9 Å². The summed E-state index contributed by atoms with van der Waals surface area (Å²) in [4.78, 5) is 8.01. The summed E-state index contributed by atoms with van der Waals surface area (Å²) in [6, 6.07) is 2.09. The Hall–Kier alpha value is -2.82. The molecule has 29 heavy (non-hydrogen) atoms. The van der Waals surface area contributed by atoms with E-state index < -0.39 is 17.3 Å². The van der Waals surface area contributed by atoms with E-state index in [0.29, 0.717) is 24.6 Å². The SMILES string of the molecule is CCNC(=NCC(C)(O)c1cnn(C)c1)NCCOc1ccc(C(F)(F)F)cn1. The lowest BCUT2D eigenvalue weighted by Gasteiger charge is -2.20. The number of aliphatic hydroxyl groups is 1. The third-order valence-corrected chi connectivity index (χ3v) is 3.92. The summed E-state index contributed by atoms with van der Waals surface area (Å²) in [5.74, 6) is 0.571. The van der Waals surface area contributed by atoms with Gasteiger partial charge in [0.25, 0.3) is 0 Å². The Morgan fingerprint density at radius 3 is 2.55 bits per heavy atom. The Balaban J connectivity index is 1.85. The van der Waals surface area contributed by atoms with Crippen LogP contribution < -0.4 is 15.4 Å². The van der Waals surface area contributed by atoms with Gasteiger partial charge in [0.15, 0.2) is 5.96 Å². The second kappa shape index (κ2) is 9.59. The molecule has 0 saturated heterocycles. The van der Waals surface area contributed by atoms with E-state index in [9.17, 15) is 18.3 Å². The molecule has 160 valence electrons. The number of alkyl halides is 3. The summed E-state index contributed by atoms with van der Waals surface area (Å²) in [5.41, 5.74) is -1.36. The highest BCUT2D eigenvalue weighted by Gasteiger charge is 2.30. The van der Waals surface area contributed by atoms with Gasteiger partial charge in [0.05, 0.1) is 24.8 Å². The molecule has 0 fully saturated rings. The Morgan fingerprint density at radius 2 is 2.00 bits per heavy atom. The van der Waals surface area contributed by atoms with Crippen LogP contribution in [-0.2, 0) is 18.8 Å². The lowest BCUT2D eigenvalue weighted by molar-refractivity contribution is -0.137. The monoisotopic (exact) mass is 414 g/mol. The molecule has 2 aromatic rings. The van der Waals surface area contributed by atoms with Gasteiger partial charge < -0.3 is 20.5 Å². The topological polar surface area (TPSA) is 96.6 Å². The zero-order valence-electron chi connectivity index (χ0n) is 16.5. The molecule has 0 aromatic carbocycles. The van der Waals surface area contributed by atoms with Crippen LogP contribution in [0.4, 0.5) is 13.2 Å². The van der Waals surface area contributed by atoms with E-state index >= 15 is 0 Å². The lowest BCUT2D eigenvalue weighted by Crippen LogP contribution is -2.40. The molecule has 11 heteroatoms. The van der Waals surface area contributed by atoms with Crippen molar-refractivity contribution in [2.24, 2.45) is 12.0 Å². The van der Waals surface area contributed by atoms with Crippen LogP contribution in [0.1, 0.15) is 25.0 Å². The summed E-state index contributed by atoms with van der Waals surface area (Å²) in [7, 11) is 1.76. The molecular weight excluding hydrogens is 389 g/mol. The first-order valence-electron chi connectivity index (χ1n) is 9.01. The minimum Gasteiger partial charge on any atom is -0.476 e. The largest absolute Gasteiger partial charge is 0.476 e. The van der Waals surface area contributed by atoms with Crippen molar-refractivity contribution in [3.63, 3.8) is 0 Å². The predicted molar refractivity (Wildman–Crippen MR) is 101 cm³/mol. The number of aliphatic imine (C=N–C) groups is 1. The van der Waals surface area contributed by atoms with E-state index in [-0.39, 0.29) is 19.0 Å². The molecular formula is C18H25F3N6O2. The number of hydrogen-bond donors (Lipinski definition) is 3. The average Bonchev–Trinajstić information content (AvgIpc) is 3.10. The minimum absolute atomic E-state index is 0.0984. The minimum atomic E-state index is -4.43. The molecule has 2 heterocycles. The van der Waals surface area contributed by atoms with Gasteiger partial charge in [-0.1, -0.05) is 0 Å². The molecule has 0 saturated carbocycles. The first-order valence-corrected chi connectivity index (χ1v) is 9.01. The summed E-state index contributed by atoms with van der Waals surface area (Å²) >= 11 is 0. The number of nitrogens with zero attached hydrogens (tertiary/aromatic N) is 4. The molecule has 0 radical (unpaired) electrons. The van der Waals surface area contributed by atoms with Crippen LogP contribution in [0.25, 0.3) is 0 Å². The highest BCUT2D eigenvalue weighted by molar-refractivity contribution is 5.79. The molecule has 0 bridgehead atoms. The van der Waals surface area contributed by atoms with Crippen molar-refractivity contribution in [2.45, 2.75) is 25.6 Å². The number of halogens is 3. The van der Waals surface area contributed by atoms with E-state index in [0.717, 1.165) is 12.3 Å². The summed E-state index contributed by atoms with van der Waals surface area (Å²) < 4.78 is 44.5. The maximum absolute atomic E-state index is 12.5. The molecule has 0 aliphatic rings. The fourth-order valence-corrected chi connectivity index (χ4v) is 2.32. The van der Waals surface area contributed by atoms with Crippen LogP contribution in [0, 0.1) is 0 Å². The fraction of sp³-hybridized carbons (Fsp3) is 0.500. The predicted octanol–water partition coefficient (Wildman–Crippen LogP) is 1.68. The summed E-state index contributed by atoms with van der Waals surface area (Å²) in [6.07, 6.45) is -0.391. The van der Waals surface area contributed by atoms with E-state index in [4.69, 9.17) is 4.74 Å². The van der Waals surface area contributed by atoms with Crippen molar-refractivity contribution in [3.8, 4) is 5.88 Å². The van der Waals surface area contributed by atoms with Crippen molar-refractivity contribution in [3.05, 3.63) is 41.9 Å². The van der Waals surface area contributed by atoms with Gasteiger partial charge in [-0.3, -0.25) is 4.68 Å². The molecule has 0 aliphatic heterocycles. The third kappa shape index (κ3) is 6.93. The lowest BCUT2D eigenvalue weighted by atomic mass is 10.0. The van der Waals surface area contributed by atoms with Gasteiger partial charge in [-0.2, -0.15) is 18.3 Å². The van der Waals surface area contributed by atoms with Gasteiger partial charge >= 0.3 is 6.18 Å². The number of pyridine rings is 1. The second-order valence-electron chi connectivity index (χ2n) is 6.53. The molecule has 0 aliphatic carbocycles. The van der Waals surface area contributed by atoms with Crippen molar-refractivity contribution in [1.82, 2.24) is 25.4 Å². The van der Waals surface area contributed by atoms with Crippen LogP contribution >= 0.6 is 0 Å². The molecule has 3 N–H and O–H groups in total. The highest BCUT2D eigenvalue weighted by atomic mass is 19.4. The number of hydrogen-bond acceptors (Lipinski definition) is 5. The maximum Gasteiger partial charge on any atom is 0.417 e. The van der Waals surface area contributed by atoms with Crippen molar-refractivity contribution < 1.29 is 23.0 Å². The van der Waals surface area contributed by atoms with Crippen LogP contribution in [0.3, 0.4) is 0 Å². The fourth-order valence-electron chi connectivity index (χ4n) is 2.32. The van der Waals surface area contributed by atoms with E-state index in [1.807, 2.05) is 6.92 Å². The van der Waals surface area contributed by atoms with Crippen LogP contribution in [0.15, 0.2) is 35.7 Å². The number of aromatic nitrogens is 3. The number of ether oxygens (including phenoxy) is 1. The number of aryl methyl sites for hydroxylation is 1. The van der Waals surface area contributed by atoms with Gasteiger partial charge in [-0.15, -0.1) is 0 Å². The first kappa shape index (κ1) is 22.5. The summed E-state index contributed by atoms with van der Waals surface area (Å²) in [5, 5.41) is 20.7. The van der Waals surface area contributed by atoms with Crippen LogP contribution in [-0.4, -0.2) is 52.1 Å². The Morgan fingerprint density at radius 1 is 1.24 bits per heavy atom. The standard InChI is InChI=1S/C18H25F3N6O2/c1-4-22-16(25-12-17(2,28)14-10-26-27(3)11-14)23-7-8-29-15-6-5-13(9-24-15)18(19,20)21/h5-6,9-11,28H,4,7-8,12H2,1-3H3,(H2,22,23,25). The maximum atomic E-state index is 12.5. The van der Waals surface area contributed by atoms with E-state index in [1.54, 1.807) is 31.0 Å². The zero-order valence-corrected chi connectivity index (χ0v) is 16.5. The quantitative estimate of drug-likeness (QED) is 0.346.